The van der Waals surface area contributed by atoms with Gasteiger partial charge in [-0.1, -0.05) is 0 Å². The van der Waals surface area contributed by atoms with Crippen molar-refractivity contribution in [3.05, 3.63) is 61.0 Å². The molecule has 0 amide bonds. The number of likely N-dealkylation sites (tertiary alicyclic amines) is 1. The molecule has 0 spiro atoms. The Bertz CT molecular complexity index is 2170. The van der Waals surface area contributed by atoms with Crippen molar-refractivity contribution < 1.29 is 16.0 Å². The Kier molecular flexibility index (Phi) is 17.7. The second-order valence-electron chi connectivity index (χ2n) is 13.0. The largest absolute Gasteiger partial charge is 0.412 e. The van der Waals surface area contributed by atoms with Crippen molar-refractivity contribution in [2.75, 3.05) is 86.3 Å². The van der Waals surface area contributed by atoms with Crippen LogP contribution in [0.2, 0.25) is 0 Å². The molecule has 5 aromatic rings. The van der Waals surface area contributed by atoms with Gasteiger partial charge in [0.1, 0.15) is 23.0 Å². The van der Waals surface area contributed by atoms with Gasteiger partial charge in [0.2, 0.25) is 0 Å². The lowest BCUT2D eigenvalue weighted by molar-refractivity contribution is -0.176. The number of halogens is 2. The number of pyridine rings is 1. The van der Waals surface area contributed by atoms with Crippen LogP contribution in [0.15, 0.2) is 70.9 Å². The highest BCUT2D eigenvalue weighted by Gasteiger charge is 2.24. The van der Waals surface area contributed by atoms with E-state index < -0.39 is 0 Å². The van der Waals surface area contributed by atoms with Gasteiger partial charge >= 0.3 is 0 Å². The maximum absolute atomic E-state index is 8.19. The number of hydrogen-bond acceptors (Lipinski definition) is 17. The maximum atomic E-state index is 8.19. The van der Waals surface area contributed by atoms with E-state index in [2.05, 4.69) is 44.9 Å². The second kappa shape index (κ2) is 21.3. The Morgan fingerprint density at radius 3 is 1.82 bits per heavy atom. The molecule has 57 heavy (non-hydrogen) atoms. The van der Waals surface area contributed by atoms with Crippen LogP contribution in [0.1, 0.15) is 25.7 Å². The van der Waals surface area contributed by atoms with Crippen molar-refractivity contribution >= 4 is 93.7 Å². The summed E-state index contributed by atoms with van der Waals surface area (Å²) < 4.78 is 3.32. The third kappa shape index (κ3) is 11.3. The van der Waals surface area contributed by atoms with Crippen LogP contribution in [0, 0.1) is 5.41 Å². The van der Waals surface area contributed by atoms with Gasteiger partial charge in [-0.25, -0.2) is 34.0 Å². The predicted octanol–water partition coefficient (Wildman–Crippen LogP) is 2.46. The highest BCUT2D eigenvalue weighted by atomic mass is 35.5. The van der Waals surface area contributed by atoms with E-state index in [1.165, 1.54) is 12.8 Å². The number of aromatic nitrogens is 7. The Hall–Kier alpha value is -6.00. The molecule has 310 valence electrons. The topological polar surface area (TPSA) is 311 Å². The summed E-state index contributed by atoms with van der Waals surface area (Å²) in [5.74, 6) is 3.60. The molecule has 3 aliphatic rings. The molecule has 5 aromatic heterocycles. The number of nitrogens with one attached hydrogen (secondary N) is 1. The minimum absolute atomic E-state index is 0. The minimum atomic E-state index is 0. The zero-order valence-corrected chi connectivity index (χ0v) is 33.8. The Labute approximate surface area is 342 Å². The molecular formula is C34H52Cl2N18O3. The minimum Gasteiger partial charge on any atom is -0.412 e. The van der Waals surface area contributed by atoms with Gasteiger partial charge in [0, 0.05) is 66.8 Å². The highest BCUT2D eigenvalue weighted by molar-refractivity contribution is 6.49. The van der Waals surface area contributed by atoms with Crippen LogP contribution >= 0.6 is 24.8 Å². The normalized spacial score (nSPS) is 15.1. The number of aliphatic imine (C=N–C) groups is 2. The molecule has 0 radical (unpaired) electrons. The van der Waals surface area contributed by atoms with E-state index >= 15 is 0 Å². The summed E-state index contributed by atoms with van der Waals surface area (Å²) in [6.07, 6.45) is 14.9. The zero-order chi connectivity index (χ0) is 38.9. The Balaban J connectivity index is 0.000000307. The highest BCUT2D eigenvalue weighted by Crippen LogP contribution is 2.26. The summed E-state index contributed by atoms with van der Waals surface area (Å²) in [5, 5.41) is 28.5. The van der Waals surface area contributed by atoms with Gasteiger partial charge in [-0.15, -0.1) is 24.8 Å². The number of rotatable bonds is 4. The molecule has 2 fully saturated rings. The number of nitrogens with two attached hydrogens (primary N) is 4. The van der Waals surface area contributed by atoms with E-state index in [4.69, 9.17) is 38.9 Å². The van der Waals surface area contributed by atoms with Gasteiger partial charge in [0.25, 0.3) is 0 Å². The second-order valence-corrected chi connectivity index (χ2v) is 13.0. The standard InChI is InChI=1S/C17H21N9.C9H14N4.C8H11N5.2ClH.H2O2.H2O/c1-24(2)14-5-8-26-17(22-14)13(10-20-26)21-15-11(18)9-12(19)16(23-15)25-6-3-4-7-25;10-7-5-8(11)9(12-6-7)13-3-1-2-4-13;1-12(2)7-3-4-13-8(11-7)6(9)5-10-13;;;1-2;/h5,8-10,18H,3-4,6-7,19H2,1-2H3;5-6H,1-4,10-11H2;3-5H,9H2,1-2H3;2*1H;1-2H;1H2. The van der Waals surface area contributed by atoms with Gasteiger partial charge in [0.05, 0.1) is 41.3 Å². The van der Waals surface area contributed by atoms with Gasteiger partial charge in [-0.3, -0.25) is 15.9 Å². The number of dihydropyridines is 1. The maximum Gasteiger partial charge on any atom is 0.183 e. The summed E-state index contributed by atoms with van der Waals surface area (Å²) in [6.45, 7) is 3.97. The van der Waals surface area contributed by atoms with Crippen LogP contribution in [0.4, 0.5) is 40.2 Å². The van der Waals surface area contributed by atoms with Crippen LogP contribution in [-0.2, 0) is 0 Å². The molecular weight excluding hydrogens is 779 g/mol. The molecule has 8 heterocycles. The molecule has 21 nitrogen and oxygen atoms in total. The van der Waals surface area contributed by atoms with E-state index in [0.717, 1.165) is 56.5 Å². The quantitative estimate of drug-likeness (QED) is 0.101. The van der Waals surface area contributed by atoms with E-state index in [1.807, 2.05) is 62.5 Å². The van der Waals surface area contributed by atoms with Gasteiger partial charge in [-0.2, -0.15) is 10.2 Å². The number of amidine groups is 2. The molecule has 2 saturated heterocycles. The van der Waals surface area contributed by atoms with Crippen LogP contribution < -0.4 is 37.6 Å². The number of anilines is 6. The van der Waals surface area contributed by atoms with E-state index in [0.29, 0.717) is 51.4 Å². The first kappa shape index (κ1) is 47.2. The Morgan fingerprint density at radius 2 is 1.26 bits per heavy atom. The fraction of sp³-hybridized carbons (Fsp3) is 0.353. The summed E-state index contributed by atoms with van der Waals surface area (Å²) in [6, 6.07) is 5.53. The smallest absolute Gasteiger partial charge is 0.183 e. The van der Waals surface area contributed by atoms with Crippen molar-refractivity contribution in [3.63, 3.8) is 0 Å². The summed E-state index contributed by atoms with van der Waals surface area (Å²) >= 11 is 0. The lowest BCUT2D eigenvalue weighted by Gasteiger charge is -2.23. The molecule has 3 aliphatic heterocycles. The molecule has 0 aromatic carbocycles. The van der Waals surface area contributed by atoms with Crippen molar-refractivity contribution in [3.8, 4) is 0 Å². The average molecular weight is 832 g/mol. The third-order valence-electron chi connectivity index (χ3n) is 8.60. The number of hydrogen-bond donors (Lipinski definition) is 7. The monoisotopic (exact) mass is 830 g/mol. The molecule has 23 heteroatoms. The zero-order valence-electron chi connectivity index (χ0n) is 32.2. The summed E-state index contributed by atoms with van der Waals surface area (Å²) in [7, 11) is 7.73. The number of nitrogen functional groups attached to an aromatic ring is 3. The molecule has 0 bridgehead atoms. The SMILES string of the molecule is CN(C)c1ccn2ncc(N)c2n1.CN(C)c1ccn2ncc(N=C3N=C(N4CCCC4)C(N)=CC3=N)c2n1.Cl.Cl.Nc1cnc(N2CCCC2)c(N)c1.O.OO. The molecule has 0 saturated carbocycles. The average Bonchev–Trinajstić information content (AvgIpc) is 4.00. The first-order valence-corrected chi connectivity index (χ1v) is 17.2. The fourth-order valence-corrected chi connectivity index (χ4v) is 5.88. The fourth-order valence-electron chi connectivity index (χ4n) is 5.88. The molecule has 0 atom stereocenters. The van der Waals surface area contributed by atoms with Crippen LogP contribution in [-0.4, -0.2) is 127 Å². The van der Waals surface area contributed by atoms with Gasteiger partial charge in [-0.05, 0) is 50.0 Å². The number of nitrogens with zero attached hydrogens (tertiary/aromatic N) is 13. The van der Waals surface area contributed by atoms with Crippen molar-refractivity contribution in [2.45, 2.75) is 25.7 Å². The van der Waals surface area contributed by atoms with Gasteiger partial charge in [0.15, 0.2) is 28.8 Å². The third-order valence-corrected chi connectivity index (χ3v) is 8.60. The lowest BCUT2D eigenvalue weighted by atomic mass is 10.2. The van der Waals surface area contributed by atoms with Crippen LogP contribution in [0.3, 0.4) is 0 Å². The Morgan fingerprint density at radius 1 is 0.737 bits per heavy atom. The van der Waals surface area contributed by atoms with Crippen molar-refractivity contribution in [1.82, 2.24) is 39.1 Å². The van der Waals surface area contributed by atoms with Gasteiger partial charge < -0.3 is 48.0 Å². The lowest BCUT2D eigenvalue weighted by Crippen LogP contribution is -2.36. The summed E-state index contributed by atoms with van der Waals surface area (Å²) in [5.41, 5.74) is 27.7. The number of fused-ring (bicyclic) bond motifs is 2. The van der Waals surface area contributed by atoms with Crippen molar-refractivity contribution in [1.29, 1.82) is 5.41 Å². The first-order valence-electron chi connectivity index (χ1n) is 17.2. The molecule has 0 aliphatic carbocycles. The first-order chi connectivity index (χ1) is 26.0. The van der Waals surface area contributed by atoms with E-state index in [1.54, 1.807) is 39.8 Å². The van der Waals surface area contributed by atoms with E-state index in [-0.39, 0.29) is 36.0 Å². The predicted molar refractivity (Wildman–Crippen MR) is 232 cm³/mol. The van der Waals surface area contributed by atoms with Crippen molar-refractivity contribution in [2.24, 2.45) is 15.7 Å². The molecule has 8 rings (SSSR count). The molecule has 0 unspecified atom stereocenters. The van der Waals surface area contributed by atoms with Crippen LogP contribution in [0.25, 0.3) is 11.3 Å². The summed E-state index contributed by atoms with van der Waals surface area (Å²) in [4.78, 5) is 30.5. The van der Waals surface area contributed by atoms with E-state index in [9.17, 15) is 0 Å². The molecule has 13 N–H and O–H groups in total. The van der Waals surface area contributed by atoms with Crippen LogP contribution in [0.5, 0.6) is 0 Å².